The number of piperidine rings is 1. The highest BCUT2D eigenvalue weighted by Crippen LogP contribution is 2.25. The maximum Gasteiger partial charge on any atom is 0.0104 e. The van der Waals surface area contributed by atoms with E-state index in [1.165, 1.54) is 64.6 Å². The molecule has 2 fully saturated rings. The second-order valence-corrected chi connectivity index (χ2v) is 5.30. The van der Waals surface area contributed by atoms with Crippen molar-refractivity contribution in [2.24, 2.45) is 5.92 Å². The van der Waals surface area contributed by atoms with Crippen molar-refractivity contribution in [2.75, 3.05) is 26.7 Å². The predicted octanol–water partition coefficient (Wildman–Crippen LogP) is 2.25. The molecule has 0 aromatic rings. The molecular formula is C13H26N2. The van der Waals surface area contributed by atoms with Gasteiger partial charge in [-0.2, -0.15) is 0 Å². The number of rotatable bonds is 3. The van der Waals surface area contributed by atoms with Crippen molar-refractivity contribution in [1.29, 1.82) is 0 Å². The van der Waals surface area contributed by atoms with Crippen LogP contribution < -0.4 is 5.32 Å². The number of hydrogen-bond donors (Lipinski definition) is 1. The summed E-state index contributed by atoms with van der Waals surface area (Å²) in [5, 5.41) is 3.52. The Balaban J connectivity index is 1.79. The van der Waals surface area contributed by atoms with Crippen LogP contribution in [0.25, 0.3) is 0 Å². The summed E-state index contributed by atoms with van der Waals surface area (Å²) in [6.07, 6.45) is 10.0. The molecule has 1 N–H and O–H groups in total. The molecule has 1 saturated heterocycles. The quantitative estimate of drug-likeness (QED) is 0.768. The molecule has 2 heteroatoms. The van der Waals surface area contributed by atoms with Crippen LogP contribution in [0, 0.1) is 5.92 Å². The first kappa shape index (κ1) is 11.4. The third-order valence-electron chi connectivity index (χ3n) is 4.22. The van der Waals surface area contributed by atoms with Gasteiger partial charge >= 0.3 is 0 Å². The van der Waals surface area contributed by atoms with Crippen LogP contribution in [0.3, 0.4) is 0 Å². The number of nitrogens with one attached hydrogen (secondary N) is 1. The summed E-state index contributed by atoms with van der Waals surface area (Å²) in [5.41, 5.74) is 0. The maximum atomic E-state index is 3.52. The Labute approximate surface area is 94.4 Å². The van der Waals surface area contributed by atoms with Crippen molar-refractivity contribution in [2.45, 2.75) is 51.0 Å². The Hall–Kier alpha value is -0.0800. The van der Waals surface area contributed by atoms with E-state index >= 15 is 0 Å². The molecule has 1 saturated carbocycles. The molecule has 0 unspecified atom stereocenters. The molecule has 0 aromatic heterocycles. The highest BCUT2D eigenvalue weighted by atomic mass is 15.1. The fourth-order valence-electron chi connectivity index (χ4n) is 3.28. The summed E-state index contributed by atoms with van der Waals surface area (Å²) in [5.74, 6) is 0.918. The summed E-state index contributed by atoms with van der Waals surface area (Å²) in [4.78, 5) is 2.70. The van der Waals surface area contributed by atoms with Crippen LogP contribution in [-0.4, -0.2) is 37.6 Å². The molecule has 15 heavy (non-hydrogen) atoms. The fourth-order valence-corrected chi connectivity index (χ4v) is 3.28. The van der Waals surface area contributed by atoms with Crippen LogP contribution in [0.4, 0.5) is 0 Å². The average molecular weight is 210 g/mol. The summed E-state index contributed by atoms with van der Waals surface area (Å²) in [7, 11) is 2.14. The molecule has 2 atom stereocenters. The van der Waals surface area contributed by atoms with Crippen LogP contribution in [0.15, 0.2) is 0 Å². The zero-order valence-corrected chi connectivity index (χ0v) is 10.2. The number of nitrogens with zero attached hydrogens (tertiary/aromatic N) is 1. The van der Waals surface area contributed by atoms with E-state index in [2.05, 4.69) is 17.3 Å². The highest BCUT2D eigenvalue weighted by molar-refractivity contribution is 4.82. The first-order valence-corrected chi connectivity index (χ1v) is 6.80. The Morgan fingerprint density at radius 1 is 1.00 bits per heavy atom. The molecule has 2 nitrogen and oxygen atoms in total. The summed E-state index contributed by atoms with van der Waals surface area (Å²) < 4.78 is 0. The van der Waals surface area contributed by atoms with Gasteiger partial charge in [0.25, 0.3) is 0 Å². The van der Waals surface area contributed by atoms with Gasteiger partial charge in [-0.25, -0.2) is 0 Å². The van der Waals surface area contributed by atoms with Gasteiger partial charge in [0.2, 0.25) is 0 Å². The van der Waals surface area contributed by atoms with E-state index in [0.29, 0.717) is 0 Å². The van der Waals surface area contributed by atoms with Crippen molar-refractivity contribution in [3.63, 3.8) is 0 Å². The Morgan fingerprint density at radius 2 is 1.73 bits per heavy atom. The molecule has 88 valence electrons. The van der Waals surface area contributed by atoms with Gasteiger partial charge in [-0.1, -0.05) is 19.3 Å². The molecule has 0 amide bonds. The van der Waals surface area contributed by atoms with E-state index < -0.39 is 0 Å². The summed E-state index contributed by atoms with van der Waals surface area (Å²) in [6, 6.07) is 0.792. The lowest BCUT2D eigenvalue weighted by atomic mass is 9.84. The predicted molar refractivity (Wildman–Crippen MR) is 65.1 cm³/mol. The molecule has 0 radical (unpaired) electrons. The lowest BCUT2D eigenvalue weighted by molar-refractivity contribution is 0.152. The fraction of sp³-hybridized carbons (Fsp3) is 1.00. The molecule has 2 aliphatic rings. The average Bonchev–Trinajstić information content (AvgIpc) is 2.31. The van der Waals surface area contributed by atoms with Crippen LogP contribution in [0.2, 0.25) is 0 Å². The molecule has 0 bridgehead atoms. The van der Waals surface area contributed by atoms with E-state index in [1.54, 1.807) is 0 Å². The van der Waals surface area contributed by atoms with E-state index in [0.717, 1.165) is 12.0 Å². The lowest BCUT2D eigenvalue weighted by Gasteiger charge is -2.36. The molecule has 1 aliphatic carbocycles. The van der Waals surface area contributed by atoms with E-state index in [4.69, 9.17) is 0 Å². The third kappa shape index (κ3) is 3.18. The minimum Gasteiger partial charge on any atom is -0.317 e. The third-order valence-corrected chi connectivity index (χ3v) is 4.22. The van der Waals surface area contributed by atoms with Gasteiger partial charge in [-0.3, -0.25) is 0 Å². The Bertz CT molecular complexity index is 175. The van der Waals surface area contributed by atoms with Crippen molar-refractivity contribution >= 4 is 0 Å². The van der Waals surface area contributed by atoms with Gasteiger partial charge in [0.1, 0.15) is 0 Å². The topological polar surface area (TPSA) is 15.3 Å². The van der Waals surface area contributed by atoms with Crippen molar-refractivity contribution < 1.29 is 0 Å². The first-order valence-electron chi connectivity index (χ1n) is 6.80. The minimum absolute atomic E-state index is 0.792. The molecule has 1 heterocycles. The van der Waals surface area contributed by atoms with Gasteiger partial charge in [0, 0.05) is 12.6 Å². The van der Waals surface area contributed by atoms with Crippen LogP contribution in [0.5, 0.6) is 0 Å². The van der Waals surface area contributed by atoms with Gasteiger partial charge < -0.3 is 10.2 Å². The maximum absolute atomic E-state index is 3.52. The molecule has 1 aliphatic heterocycles. The minimum atomic E-state index is 0.792. The largest absolute Gasteiger partial charge is 0.317 e. The van der Waals surface area contributed by atoms with Gasteiger partial charge in [0.05, 0.1) is 0 Å². The first-order chi connectivity index (χ1) is 7.40. The second kappa shape index (κ2) is 5.86. The van der Waals surface area contributed by atoms with Crippen molar-refractivity contribution in [1.82, 2.24) is 10.2 Å². The van der Waals surface area contributed by atoms with Gasteiger partial charge in [0.15, 0.2) is 0 Å². The molecule has 0 spiro atoms. The number of hydrogen-bond acceptors (Lipinski definition) is 2. The molecular weight excluding hydrogens is 184 g/mol. The monoisotopic (exact) mass is 210 g/mol. The normalized spacial score (nSPS) is 34.2. The Morgan fingerprint density at radius 3 is 2.47 bits per heavy atom. The zero-order valence-electron chi connectivity index (χ0n) is 10.2. The van der Waals surface area contributed by atoms with Gasteiger partial charge in [-0.05, 0) is 51.7 Å². The second-order valence-electron chi connectivity index (χ2n) is 5.30. The molecule has 2 rings (SSSR count). The summed E-state index contributed by atoms with van der Waals surface area (Å²) >= 11 is 0. The van der Waals surface area contributed by atoms with Crippen molar-refractivity contribution in [3.05, 3.63) is 0 Å². The smallest absolute Gasteiger partial charge is 0.0104 e. The number of likely N-dealkylation sites (tertiary alicyclic amines) is 1. The SMILES string of the molecule is CN[C@@H]1CCCC[C@H]1CN1CCCCC1. The lowest BCUT2D eigenvalue weighted by Crippen LogP contribution is -2.44. The van der Waals surface area contributed by atoms with Crippen LogP contribution >= 0.6 is 0 Å². The van der Waals surface area contributed by atoms with Crippen molar-refractivity contribution in [3.8, 4) is 0 Å². The molecule has 0 aromatic carbocycles. The summed E-state index contributed by atoms with van der Waals surface area (Å²) in [6.45, 7) is 4.06. The highest BCUT2D eigenvalue weighted by Gasteiger charge is 2.25. The van der Waals surface area contributed by atoms with E-state index in [1.807, 2.05) is 0 Å². The standard InChI is InChI=1S/C13H26N2/c1-14-13-8-4-3-7-12(13)11-15-9-5-2-6-10-15/h12-14H,2-11H2,1H3/t12-,13+/m0/s1. The Kier molecular flexibility index (Phi) is 4.45. The zero-order chi connectivity index (χ0) is 10.5. The van der Waals surface area contributed by atoms with Gasteiger partial charge in [-0.15, -0.1) is 0 Å². The van der Waals surface area contributed by atoms with E-state index in [9.17, 15) is 0 Å². The van der Waals surface area contributed by atoms with Crippen LogP contribution in [-0.2, 0) is 0 Å². The van der Waals surface area contributed by atoms with Crippen LogP contribution in [0.1, 0.15) is 44.9 Å². The van der Waals surface area contributed by atoms with E-state index in [-0.39, 0.29) is 0 Å².